The zero-order chi connectivity index (χ0) is 24.2. The van der Waals surface area contributed by atoms with Crippen molar-refractivity contribution in [2.45, 2.75) is 76.5 Å². The number of aromatic nitrogens is 4. The van der Waals surface area contributed by atoms with Crippen LogP contribution in [0.15, 0.2) is 48.8 Å². The third-order valence-corrected chi connectivity index (χ3v) is 8.45. The van der Waals surface area contributed by atoms with Crippen LogP contribution in [0.2, 0.25) is 0 Å². The highest BCUT2D eigenvalue weighted by molar-refractivity contribution is 5.79. The second-order valence-corrected chi connectivity index (χ2v) is 11.0. The first-order chi connectivity index (χ1) is 17.6. The van der Waals surface area contributed by atoms with E-state index < -0.39 is 0 Å². The number of hydrogen-bond donors (Lipinski definition) is 4. The number of rotatable bonds is 5. The molecule has 2 aliphatic heterocycles. The monoisotopic (exact) mass is 478 g/mol. The van der Waals surface area contributed by atoms with Crippen molar-refractivity contribution in [1.29, 1.82) is 0 Å². The Morgan fingerprint density at radius 1 is 0.611 bits per heavy atom. The van der Waals surface area contributed by atoms with Gasteiger partial charge in [0.15, 0.2) is 0 Å². The van der Waals surface area contributed by atoms with E-state index in [2.05, 4.69) is 75.8 Å². The lowest BCUT2D eigenvalue weighted by molar-refractivity contribution is 0.564. The second kappa shape index (κ2) is 8.71. The maximum atomic E-state index is 4.72. The molecule has 36 heavy (non-hydrogen) atoms. The van der Waals surface area contributed by atoms with Crippen molar-refractivity contribution in [3.8, 4) is 33.6 Å². The number of imidazole rings is 2. The van der Waals surface area contributed by atoms with Gasteiger partial charge in [-0.2, -0.15) is 0 Å². The van der Waals surface area contributed by atoms with E-state index in [1.807, 2.05) is 12.4 Å². The molecule has 6 nitrogen and oxygen atoms in total. The molecule has 6 heteroatoms. The van der Waals surface area contributed by atoms with Crippen LogP contribution in [0.25, 0.3) is 33.6 Å². The Hall–Kier alpha value is -3.22. The first kappa shape index (κ1) is 22.0. The van der Waals surface area contributed by atoms with Gasteiger partial charge in [-0.3, -0.25) is 0 Å². The summed E-state index contributed by atoms with van der Waals surface area (Å²) in [6.45, 7) is 4.49. The third kappa shape index (κ3) is 3.80. The summed E-state index contributed by atoms with van der Waals surface area (Å²) in [5, 5.41) is 7.25. The van der Waals surface area contributed by atoms with E-state index >= 15 is 0 Å². The summed E-state index contributed by atoms with van der Waals surface area (Å²) >= 11 is 0. The predicted molar refractivity (Wildman–Crippen MR) is 144 cm³/mol. The Kier molecular flexibility index (Phi) is 5.33. The Morgan fingerprint density at radius 3 is 1.72 bits per heavy atom. The fourth-order valence-electron chi connectivity index (χ4n) is 6.29. The van der Waals surface area contributed by atoms with Crippen molar-refractivity contribution in [2.24, 2.45) is 0 Å². The molecule has 4 heterocycles. The highest BCUT2D eigenvalue weighted by Gasteiger charge is 2.27. The molecular weight excluding hydrogens is 444 g/mol. The largest absolute Gasteiger partial charge is 0.341 e. The molecule has 4 aromatic rings. The number of nitrogens with one attached hydrogen (secondary N) is 4. The standard InChI is InChI=1S/C30H34N6/c1-17-3-13-25(33-17)29-31-15-27(35-29)20-7-5-19(6-8-20)21-9-12-24(23-11-10-22(21)23)28-16-32-30(36-28)26-14-4-18(2)34-26/h5-9,12,15-18,25-26,33-34H,3-4,10-11,13-14H2,1-2H3,(H,31,35)(H,32,36)/t17-,18-,25-,26-/m0/s1. The van der Waals surface area contributed by atoms with E-state index in [0.29, 0.717) is 24.2 Å². The van der Waals surface area contributed by atoms with Gasteiger partial charge in [-0.1, -0.05) is 36.4 Å². The number of benzene rings is 2. The predicted octanol–water partition coefficient (Wildman–Crippen LogP) is 5.86. The fourth-order valence-corrected chi connectivity index (χ4v) is 6.29. The van der Waals surface area contributed by atoms with Gasteiger partial charge in [-0.05, 0) is 80.2 Å². The Morgan fingerprint density at radius 2 is 1.14 bits per heavy atom. The molecule has 0 spiro atoms. The van der Waals surface area contributed by atoms with Crippen molar-refractivity contribution in [3.05, 3.63) is 71.6 Å². The van der Waals surface area contributed by atoms with E-state index in [9.17, 15) is 0 Å². The molecule has 2 saturated heterocycles. The van der Waals surface area contributed by atoms with Gasteiger partial charge in [0.25, 0.3) is 0 Å². The van der Waals surface area contributed by atoms with Gasteiger partial charge in [-0.25, -0.2) is 9.97 Å². The number of nitrogens with zero attached hydrogens (tertiary/aromatic N) is 2. The van der Waals surface area contributed by atoms with Gasteiger partial charge in [-0.15, -0.1) is 0 Å². The van der Waals surface area contributed by atoms with Crippen LogP contribution in [0.5, 0.6) is 0 Å². The molecule has 4 atom stereocenters. The summed E-state index contributed by atoms with van der Waals surface area (Å²) in [6, 6.07) is 15.3. The summed E-state index contributed by atoms with van der Waals surface area (Å²) in [5.74, 6) is 2.12. The molecular formula is C30H34N6. The van der Waals surface area contributed by atoms with Crippen molar-refractivity contribution >= 4 is 0 Å². The average Bonchev–Trinajstić information content (AvgIpc) is 3.66. The lowest BCUT2D eigenvalue weighted by atomic mass is 9.79. The van der Waals surface area contributed by atoms with E-state index in [1.165, 1.54) is 46.2 Å². The Bertz CT molecular complexity index is 1400. The normalized spacial score (nSPS) is 25.2. The van der Waals surface area contributed by atoms with Gasteiger partial charge < -0.3 is 20.6 Å². The van der Waals surface area contributed by atoms with E-state index in [0.717, 1.165) is 48.7 Å². The summed E-state index contributed by atoms with van der Waals surface area (Å²) < 4.78 is 0. The van der Waals surface area contributed by atoms with E-state index in [-0.39, 0.29) is 0 Å². The summed E-state index contributed by atoms with van der Waals surface area (Å²) in [6.07, 6.45) is 11.0. The van der Waals surface area contributed by atoms with Crippen LogP contribution in [-0.4, -0.2) is 32.0 Å². The van der Waals surface area contributed by atoms with Gasteiger partial charge in [0.05, 0.1) is 35.9 Å². The summed E-state index contributed by atoms with van der Waals surface area (Å²) in [5.41, 5.74) is 10.3. The molecule has 0 saturated carbocycles. The minimum Gasteiger partial charge on any atom is -0.341 e. The first-order valence-electron chi connectivity index (χ1n) is 13.5. The molecule has 0 bridgehead atoms. The SMILES string of the molecule is C[C@H]1CC[C@@H](c2ncc(-c3ccc(-c4ccc(-c5cnc([C@@H]6CC[C@H](C)N6)[nH]5)c5c4CC5)cc3)[nH]2)N1. The van der Waals surface area contributed by atoms with Crippen molar-refractivity contribution < 1.29 is 0 Å². The number of hydrogen-bond acceptors (Lipinski definition) is 4. The van der Waals surface area contributed by atoms with Crippen LogP contribution in [0.1, 0.15) is 74.4 Å². The smallest absolute Gasteiger partial charge is 0.123 e. The maximum Gasteiger partial charge on any atom is 0.123 e. The number of H-pyrrole nitrogens is 2. The maximum absolute atomic E-state index is 4.72. The van der Waals surface area contributed by atoms with Gasteiger partial charge in [0.2, 0.25) is 0 Å². The van der Waals surface area contributed by atoms with E-state index in [4.69, 9.17) is 4.98 Å². The van der Waals surface area contributed by atoms with Crippen LogP contribution in [-0.2, 0) is 12.8 Å². The molecule has 7 rings (SSSR count). The molecule has 0 amide bonds. The Labute approximate surface area is 212 Å². The third-order valence-electron chi connectivity index (χ3n) is 8.45. The van der Waals surface area contributed by atoms with Crippen molar-refractivity contribution in [3.63, 3.8) is 0 Å². The molecule has 2 aromatic heterocycles. The summed E-state index contributed by atoms with van der Waals surface area (Å²) in [7, 11) is 0. The second-order valence-electron chi connectivity index (χ2n) is 11.0. The quantitative estimate of drug-likeness (QED) is 0.290. The van der Waals surface area contributed by atoms with Crippen LogP contribution < -0.4 is 10.6 Å². The topological polar surface area (TPSA) is 81.4 Å². The summed E-state index contributed by atoms with van der Waals surface area (Å²) in [4.78, 5) is 16.5. The highest BCUT2D eigenvalue weighted by Crippen LogP contribution is 2.40. The Balaban J connectivity index is 1.12. The molecule has 3 aliphatic rings. The number of fused-ring (bicyclic) bond motifs is 1. The van der Waals surface area contributed by atoms with Crippen molar-refractivity contribution in [2.75, 3.05) is 0 Å². The lowest BCUT2D eigenvalue weighted by Crippen LogP contribution is -2.21. The van der Waals surface area contributed by atoms with Crippen molar-refractivity contribution in [1.82, 2.24) is 30.6 Å². The van der Waals surface area contributed by atoms with Gasteiger partial charge in [0, 0.05) is 17.6 Å². The lowest BCUT2D eigenvalue weighted by Gasteiger charge is -2.26. The van der Waals surface area contributed by atoms with Crippen LogP contribution in [0, 0.1) is 0 Å². The molecule has 0 radical (unpaired) electrons. The van der Waals surface area contributed by atoms with Crippen LogP contribution in [0.3, 0.4) is 0 Å². The molecule has 2 aromatic carbocycles. The zero-order valence-electron chi connectivity index (χ0n) is 21.1. The van der Waals surface area contributed by atoms with E-state index in [1.54, 1.807) is 0 Å². The first-order valence-corrected chi connectivity index (χ1v) is 13.5. The molecule has 0 unspecified atom stereocenters. The fraction of sp³-hybridized carbons (Fsp3) is 0.400. The average molecular weight is 479 g/mol. The molecule has 4 N–H and O–H groups in total. The minimum absolute atomic E-state index is 0.342. The minimum atomic E-state index is 0.342. The van der Waals surface area contributed by atoms with Crippen LogP contribution in [0.4, 0.5) is 0 Å². The molecule has 1 aliphatic carbocycles. The highest BCUT2D eigenvalue weighted by atomic mass is 15.1. The number of aromatic amines is 2. The molecule has 184 valence electrons. The van der Waals surface area contributed by atoms with Crippen LogP contribution >= 0.6 is 0 Å². The van der Waals surface area contributed by atoms with Gasteiger partial charge >= 0.3 is 0 Å². The van der Waals surface area contributed by atoms with Gasteiger partial charge in [0.1, 0.15) is 11.6 Å². The zero-order valence-corrected chi connectivity index (χ0v) is 21.1. The molecule has 2 fully saturated rings.